The Morgan fingerprint density at radius 2 is 1.65 bits per heavy atom. The third kappa shape index (κ3) is 5.12. The zero-order valence-electron chi connectivity index (χ0n) is 15.8. The normalized spacial score (nSPS) is 11.0. The molecule has 6 nitrogen and oxygen atoms in total. The maximum atomic E-state index is 5.97. The van der Waals surface area contributed by atoms with E-state index >= 15 is 0 Å². The van der Waals surface area contributed by atoms with Crippen LogP contribution in [0.1, 0.15) is 43.9 Å². The van der Waals surface area contributed by atoms with Gasteiger partial charge in [0.1, 0.15) is 17.3 Å². The third-order valence-corrected chi connectivity index (χ3v) is 3.86. The van der Waals surface area contributed by atoms with E-state index in [9.17, 15) is 0 Å². The average molecular weight is 356 g/mol. The fourth-order valence-electron chi connectivity index (χ4n) is 2.70. The lowest BCUT2D eigenvalue weighted by Crippen LogP contribution is -2.06. The summed E-state index contributed by atoms with van der Waals surface area (Å²) in [5.41, 5.74) is 14.5. The maximum absolute atomic E-state index is 5.97. The first-order valence-electron chi connectivity index (χ1n) is 9.02. The van der Waals surface area contributed by atoms with E-state index in [2.05, 4.69) is 29.0 Å². The summed E-state index contributed by atoms with van der Waals surface area (Å²) in [7, 11) is 0. The zero-order chi connectivity index (χ0) is 18.9. The minimum atomic E-state index is 0.175. The fourth-order valence-corrected chi connectivity index (χ4v) is 2.70. The Kier molecular flexibility index (Phi) is 7.26. The molecule has 1 aromatic carbocycles. The summed E-state index contributed by atoms with van der Waals surface area (Å²) in [6.07, 6.45) is 8.31. The molecule has 6 heteroatoms. The number of hydrogen-bond acceptors (Lipinski definition) is 6. The highest BCUT2D eigenvalue weighted by Gasteiger charge is 2.14. The molecule has 26 heavy (non-hydrogen) atoms. The van der Waals surface area contributed by atoms with Crippen molar-refractivity contribution in [1.29, 1.82) is 0 Å². The second-order valence-electron chi connectivity index (χ2n) is 5.84. The third-order valence-electron chi connectivity index (χ3n) is 3.86. The Morgan fingerprint density at radius 1 is 1.00 bits per heavy atom. The molecular weight excluding hydrogens is 328 g/mol. The van der Waals surface area contributed by atoms with Crippen molar-refractivity contribution in [2.45, 2.75) is 40.0 Å². The molecule has 0 saturated carbocycles. The van der Waals surface area contributed by atoms with E-state index in [1.807, 2.05) is 26.0 Å². The first kappa shape index (κ1) is 19.6. The minimum absolute atomic E-state index is 0.175. The lowest BCUT2D eigenvalue weighted by Gasteiger charge is -2.17. The number of anilines is 2. The van der Waals surface area contributed by atoms with Crippen LogP contribution in [0.25, 0.3) is 0 Å². The van der Waals surface area contributed by atoms with Crippen LogP contribution in [-0.4, -0.2) is 23.2 Å². The Balaban J connectivity index is 2.41. The van der Waals surface area contributed by atoms with Gasteiger partial charge in [0.05, 0.1) is 13.2 Å². The van der Waals surface area contributed by atoms with Crippen LogP contribution in [0.2, 0.25) is 0 Å². The smallest absolute Gasteiger partial charge is 0.221 e. The van der Waals surface area contributed by atoms with E-state index in [-0.39, 0.29) is 5.95 Å². The molecule has 0 spiro atoms. The number of nitrogens with two attached hydrogens (primary N) is 2. The fraction of sp³-hybridized carbons (Fsp3) is 0.400. The van der Waals surface area contributed by atoms with Crippen LogP contribution in [0, 0.1) is 0 Å². The van der Waals surface area contributed by atoms with E-state index in [0.717, 1.165) is 41.0 Å². The molecule has 0 unspecified atom stereocenters. The second-order valence-corrected chi connectivity index (χ2v) is 5.84. The van der Waals surface area contributed by atoms with Crippen molar-refractivity contribution in [3.05, 3.63) is 47.2 Å². The van der Waals surface area contributed by atoms with Crippen LogP contribution in [0.4, 0.5) is 11.8 Å². The number of hydrogen-bond donors (Lipinski definition) is 2. The molecule has 0 radical (unpaired) electrons. The van der Waals surface area contributed by atoms with Gasteiger partial charge in [0, 0.05) is 23.7 Å². The van der Waals surface area contributed by atoms with Gasteiger partial charge in [-0.1, -0.05) is 19.1 Å². The van der Waals surface area contributed by atoms with Crippen LogP contribution in [0.3, 0.4) is 0 Å². The van der Waals surface area contributed by atoms with Crippen molar-refractivity contribution < 1.29 is 9.47 Å². The van der Waals surface area contributed by atoms with Crippen molar-refractivity contribution in [3.63, 3.8) is 0 Å². The first-order valence-corrected chi connectivity index (χ1v) is 9.02. The van der Waals surface area contributed by atoms with E-state index in [1.165, 1.54) is 0 Å². The lowest BCUT2D eigenvalue weighted by atomic mass is 10.0. The molecule has 0 aliphatic heterocycles. The second kappa shape index (κ2) is 9.65. The molecule has 0 saturated heterocycles. The van der Waals surface area contributed by atoms with Gasteiger partial charge >= 0.3 is 0 Å². The van der Waals surface area contributed by atoms with Gasteiger partial charge in [-0.25, -0.2) is 4.98 Å². The number of allylic oxidation sites excluding steroid dienone is 2. The van der Waals surface area contributed by atoms with Gasteiger partial charge < -0.3 is 20.9 Å². The van der Waals surface area contributed by atoms with Gasteiger partial charge in [-0.05, 0) is 44.4 Å². The number of nitrogens with zero attached hydrogens (tertiary/aromatic N) is 2. The van der Waals surface area contributed by atoms with Gasteiger partial charge in [-0.15, -0.1) is 0 Å². The molecule has 0 bridgehead atoms. The summed E-state index contributed by atoms with van der Waals surface area (Å²) in [5.74, 6) is 2.24. The summed E-state index contributed by atoms with van der Waals surface area (Å²) in [5, 5.41) is 0. The monoisotopic (exact) mass is 356 g/mol. The maximum Gasteiger partial charge on any atom is 0.221 e. The van der Waals surface area contributed by atoms with E-state index < -0.39 is 0 Å². The molecule has 0 aliphatic carbocycles. The highest BCUT2D eigenvalue weighted by atomic mass is 16.5. The lowest BCUT2D eigenvalue weighted by molar-refractivity contribution is 0.317. The highest BCUT2D eigenvalue weighted by molar-refractivity contribution is 5.52. The number of nitrogen functional groups attached to an aromatic ring is 2. The molecule has 2 aromatic rings. The summed E-state index contributed by atoms with van der Waals surface area (Å²) in [4.78, 5) is 8.06. The van der Waals surface area contributed by atoms with Crippen LogP contribution >= 0.6 is 0 Å². The summed E-state index contributed by atoms with van der Waals surface area (Å²) in [6, 6.07) is 4.08. The number of benzene rings is 1. The van der Waals surface area contributed by atoms with Gasteiger partial charge in [0.15, 0.2) is 0 Å². The van der Waals surface area contributed by atoms with Crippen molar-refractivity contribution in [1.82, 2.24) is 9.97 Å². The quantitative estimate of drug-likeness (QED) is 0.667. The number of rotatable bonds is 9. The molecule has 0 amide bonds. The number of ether oxygens (including phenoxy) is 2. The van der Waals surface area contributed by atoms with Gasteiger partial charge in [0.25, 0.3) is 0 Å². The molecule has 1 aromatic heterocycles. The molecular formula is C20H28N4O2. The van der Waals surface area contributed by atoms with Crippen molar-refractivity contribution >= 4 is 11.8 Å². The Labute approximate surface area is 155 Å². The summed E-state index contributed by atoms with van der Waals surface area (Å²) >= 11 is 0. The molecule has 0 fully saturated rings. The predicted molar refractivity (Wildman–Crippen MR) is 106 cm³/mol. The summed E-state index contributed by atoms with van der Waals surface area (Å²) < 4.78 is 11.8. The van der Waals surface area contributed by atoms with E-state index in [0.29, 0.717) is 25.5 Å². The Hall–Kier alpha value is -2.76. The Morgan fingerprint density at radius 3 is 2.19 bits per heavy atom. The Bertz CT molecular complexity index is 732. The zero-order valence-corrected chi connectivity index (χ0v) is 15.8. The summed E-state index contributed by atoms with van der Waals surface area (Å²) in [6.45, 7) is 7.25. The van der Waals surface area contributed by atoms with E-state index in [1.54, 1.807) is 6.20 Å². The van der Waals surface area contributed by atoms with Crippen molar-refractivity contribution in [2.75, 3.05) is 24.7 Å². The van der Waals surface area contributed by atoms with Gasteiger partial charge in [0.2, 0.25) is 5.95 Å². The SMILES string of the molecule is CC/C=C/Cc1c(OCC)cc(Cc2cnc(N)nc2N)cc1OCC. The van der Waals surface area contributed by atoms with Gasteiger partial charge in [-0.2, -0.15) is 4.98 Å². The van der Waals surface area contributed by atoms with Crippen LogP contribution in [0.15, 0.2) is 30.5 Å². The molecule has 0 atom stereocenters. The van der Waals surface area contributed by atoms with Crippen LogP contribution < -0.4 is 20.9 Å². The van der Waals surface area contributed by atoms with Crippen LogP contribution in [-0.2, 0) is 12.8 Å². The minimum Gasteiger partial charge on any atom is -0.493 e. The predicted octanol–water partition coefficient (Wildman–Crippen LogP) is 3.54. The average Bonchev–Trinajstić information content (AvgIpc) is 2.60. The molecule has 140 valence electrons. The molecule has 2 rings (SSSR count). The highest BCUT2D eigenvalue weighted by Crippen LogP contribution is 2.33. The molecule has 0 aliphatic rings. The standard InChI is InChI=1S/C20H28N4O2/c1-4-7-8-9-16-17(25-5-2)11-14(12-18(16)26-6-3)10-15-13-23-20(22)24-19(15)21/h7-8,11-13H,4-6,9-10H2,1-3H3,(H4,21,22,23,24)/b8-7+. The first-order chi connectivity index (χ1) is 12.6. The molecule has 4 N–H and O–H groups in total. The topological polar surface area (TPSA) is 96.3 Å². The van der Waals surface area contributed by atoms with Crippen molar-refractivity contribution in [2.24, 2.45) is 0 Å². The number of aromatic nitrogens is 2. The van der Waals surface area contributed by atoms with Crippen LogP contribution in [0.5, 0.6) is 11.5 Å². The largest absolute Gasteiger partial charge is 0.493 e. The molecule has 1 heterocycles. The van der Waals surface area contributed by atoms with E-state index in [4.69, 9.17) is 20.9 Å². The van der Waals surface area contributed by atoms with Gasteiger partial charge in [-0.3, -0.25) is 0 Å². The van der Waals surface area contributed by atoms with Crippen molar-refractivity contribution in [3.8, 4) is 11.5 Å².